The smallest absolute Gasteiger partial charge is 0.0802 e. The fraction of sp³-hybridized carbons (Fsp3) is 0.571. The van der Waals surface area contributed by atoms with E-state index in [9.17, 15) is 5.11 Å². The average Bonchev–Trinajstić information content (AvgIpc) is 2.37. The quantitative estimate of drug-likeness (QED) is 0.763. The molecule has 0 aromatic heterocycles. The zero-order chi connectivity index (χ0) is 13.4. The lowest BCUT2D eigenvalue weighted by molar-refractivity contribution is 0.131. The largest absolute Gasteiger partial charge is 0.395 e. The molecule has 0 aliphatic heterocycles. The van der Waals surface area contributed by atoms with Crippen LogP contribution in [0.25, 0.3) is 0 Å². The van der Waals surface area contributed by atoms with E-state index in [1.54, 1.807) is 12.1 Å². The van der Waals surface area contributed by atoms with Crippen molar-refractivity contribution in [2.24, 2.45) is 0 Å². The number of benzene rings is 1. The molecule has 1 rings (SSSR count). The summed E-state index contributed by atoms with van der Waals surface area (Å²) in [5.41, 5.74) is 0.889. The van der Waals surface area contributed by atoms with Crippen molar-refractivity contribution in [2.45, 2.75) is 25.9 Å². The van der Waals surface area contributed by atoms with E-state index in [0.717, 1.165) is 25.1 Å². The van der Waals surface area contributed by atoms with E-state index in [4.69, 9.17) is 16.7 Å². The van der Waals surface area contributed by atoms with Gasteiger partial charge in [0.15, 0.2) is 0 Å². The van der Waals surface area contributed by atoms with Crippen LogP contribution in [0.4, 0.5) is 0 Å². The van der Waals surface area contributed by atoms with Gasteiger partial charge in [0.2, 0.25) is 0 Å². The third-order valence-electron chi connectivity index (χ3n) is 2.93. The summed E-state index contributed by atoms with van der Waals surface area (Å²) in [7, 11) is 0. The first-order valence-corrected chi connectivity index (χ1v) is 6.82. The summed E-state index contributed by atoms with van der Waals surface area (Å²) < 4.78 is 0. The number of halogens is 1. The van der Waals surface area contributed by atoms with Gasteiger partial charge in [-0.2, -0.15) is 0 Å². The van der Waals surface area contributed by atoms with Crippen LogP contribution in [0.15, 0.2) is 24.3 Å². The SMILES string of the molecule is CCCN(CCO)CCC(O)c1ccc(Cl)cc1. The van der Waals surface area contributed by atoms with Crippen LogP contribution < -0.4 is 0 Å². The molecular weight excluding hydrogens is 250 g/mol. The monoisotopic (exact) mass is 271 g/mol. The summed E-state index contributed by atoms with van der Waals surface area (Å²) in [6.45, 7) is 4.68. The first-order chi connectivity index (χ1) is 8.67. The van der Waals surface area contributed by atoms with Gasteiger partial charge in [0, 0.05) is 18.1 Å². The molecule has 1 aromatic carbocycles. The van der Waals surface area contributed by atoms with Gasteiger partial charge in [-0.05, 0) is 37.1 Å². The highest BCUT2D eigenvalue weighted by Crippen LogP contribution is 2.19. The van der Waals surface area contributed by atoms with Gasteiger partial charge in [0.25, 0.3) is 0 Å². The highest BCUT2D eigenvalue weighted by Gasteiger charge is 2.10. The number of aliphatic hydroxyl groups is 2. The van der Waals surface area contributed by atoms with E-state index in [-0.39, 0.29) is 6.61 Å². The Bertz CT molecular complexity index is 323. The summed E-state index contributed by atoms with van der Waals surface area (Å²) >= 11 is 5.81. The van der Waals surface area contributed by atoms with E-state index >= 15 is 0 Å². The third-order valence-corrected chi connectivity index (χ3v) is 3.18. The molecule has 0 saturated carbocycles. The Hall–Kier alpha value is -0.610. The van der Waals surface area contributed by atoms with Crippen molar-refractivity contribution < 1.29 is 10.2 Å². The van der Waals surface area contributed by atoms with Crippen LogP contribution in [0.5, 0.6) is 0 Å². The molecule has 102 valence electrons. The molecule has 0 bridgehead atoms. The summed E-state index contributed by atoms with van der Waals surface area (Å²) in [6.07, 6.45) is 1.25. The number of aliphatic hydroxyl groups excluding tert-OH is 2. The van der Waals surface area contributed by atoms with Crippen LogP contribution in [0.3, 0.4) is 0 Å². The third kappa shape index (κ3) is 5.36. The van der Waals surface area contributed by atoms with Crippen LogP contribution in [0.1, 0.15) is 31.4 Å². The second kappa shape index (κ2) is 8.48. The second-order valence-corrected chi connectivity index (χ2v) is 4.86. The standard InChI is InChI=1S/C14H22ClNO2/c1-2-8-16(10-11-17)9-7-14(18)12-3-5-13(15)6-4-12/h3-6,14,17-18H,2,7-11H2,1H3. The normalized spacial score (nSPS) is 12.9. The predicted octanol–water partition coefficient (Wildman–Crippen LogP) is 2.47. The van der Waals surface area contributed by atoms with Gasteiger partial charge in [-0.1, -0.05) is 30.7 Å². The van der Waals surface area contributed by atoms with Crippen molar-refractivity contribution in [3.63, 3.8) is 0 Å². The van der Waals surface area contributed by atoms with Gasteiger partial charge in [0.05, 0.1) is 12.7 Å². The van der Waals surface area contributed by atoms with Crippen molar-refractivity contribution in [1.82, 2.24) is 4.90 Å². The molecule has 4 heteroatoms. The van der Waals surface area contributed by atoms with Crippen LogP contribution in [-0.2, 0) is 0 Å². The van der Waals surface area contributed by atoms with Crippen LogP contribution in [-0.4, -0.2) is 41.4 Å². The molecule has 0 fully saturated rings. The maximum atomic E-state index is 10.1. The molecule has 1 unspecified atom stereocenters. The van der Waals surface area contributed by atoms with Crippen molar-refractivity contribution in [3.05, 3.63) is 34.9 Å². The number of hydrogen-bond acceptors (Lipinski definition) is 3. The van der Waals surface area contributed by atoms with Crippen LogP contribution >= 0.6 is 11.6 Å². The van der Waals surface area contributed by atoms with Crippen molar-refractivity contribution in [2.75, 3.05) is 26.2 Å². The zero-order valence-corrected chi connectivity index (χ0v) is 11.6. The Balaban J connectivity index is 2.43. The minimum Gasteiger partial charge on any atom is -0.395 e. The van der Waals surface area contributed by atoms with Crippen molar-refractivity contribution in [3.8, 4) is 0 Å². The molecule has 18 heavy (non-hydrogen) atoms. The van der Waals surface area contributed by atoms with E-state index < -0.39 is 6.10 Å². The Morgan fingerprint density at radius 2 is 1.83 bits per heavy atom. The fourth-order valence-corrected chi connectivity index (χ4v) is 2.08. The zero-order valence-electron chi connectivity index (χ0n) is 10.8. The number of nitrogens with zero attached hydrogens (tertiary/aromatic N) is 1. The summed E-state index contributed by atoms with van der Waals surface area (Å²) in [4.78, 5) is 2.17. The molecule has 0 aliphatic rings. The Morgan fingerprint density at radius 3 is 2.39 bits per heavy atom. The lowest BCUT2D eigenvalue weighted by atomic mass is 10.1. The first-order valence-electron chi connectivity index (χ1n) is 6.44. The molecule has 1 aromatic rings. The van der Waals surface area contributed by atoms with Crippen molar-refractivity contribution >= 4 is 11.6 Å². The van der Waals surface area contributed by atoms with Gasteiger partial charge in [0.1, 0.15) is 0 Å². The summed E-state index contributed by atoms with van der Waals surface area (Å²) in [5.74, 6) is 0. The summed E-state index contributed by atoms with van der Waals surface area (Å²) in [6, 6.07) is 7.28. The van der Waals surface area contributed by atoms with E-state index in [0.29, 0.717) is 18.0 Å². The van der Waals surface area contributed by atoms with Gasteiger partial charge >= 0.3 is 0 Å². The van der Waals surface area contributed by atoms with Crippen LogP contribution in [0.2, 0.25) is 5.02 Å². The fourth-order valence-electron chi connectivity index (χ4n) is 1.95. The molecule has 0 aliphatic carbocycles. The highest BCUT2D eigenvalue weighted by molar-refractivity contribution is 6.30. The van der Waals surface area contributed by atoms with Crippen molar-refractivity contribution in [1.29, 1.82) is 0 Å². The molecule has 0 heterocycles. The van der Waals surface area contributed by atoms with Gasteiger partial charge in [-0.25, -0.2) is 0 Å². The molecule has 2 N–H and O–H groups in total. The lowest BCUT2D eigenvalue weighted by Crippen LogP contribution is -2.29. The van der Waals surface area contributed by atoms with Gasteiger partial charge in [-0.3, -0.25) is 0 Å². The topological polar surface area (TPSA) is 43.7 Å². The minimum atomic E-state index is -0.472. The van der Waals surface area contributed by atoms with Gasteiger partial charge in [-0.15, -0.1) is 0 Å². The molecule has 0 saturated heterocycles. The number of hydrogen-bond donors (Lipinski definition) is 2. The summed E-state index contributed by atoms with van der Waals surface area (Å²) in [5, 5.41) is 19.7. The highest BCUT2D eigenvalue weighted by atomic mass is 35.5. The maximum absolute atomic E-state index is 10.1. The molecule has 0 radical (unpaired) electrons. The molecule has 0 amide bonds. The van der Waals surface area contributed by atoms with E-state index in [2.05, 4.69) is 11.8 Å². The van der Waals surface area contributed by atoms with Gasteiger partial charge < -0.3 is 15.1 Å². The predicted molar refractivity (Wildman–Crippen MR) is 74.8 cm³/mol. The molecule has 1 atom stereocenters. The van der Waals surface area contributed by atoms with E-state index in [1.165, 1.54) is 0 Å². The first kappa shape index (κ1) is 15.4. The maximum Gasteiger partial charge on any atom is 0.0802 e. The second-order valence-electron chi connectivity index (χ2n) is 4.42. The van der Waals surface area contributed by atoms with E-state index in [1.807, 2.05) is 12.1 Å². The molecule has 0 spiro atoms. The Kier molecular flexibility index (Phi) is 7.28. The molecular formula is C14H22ClNO2. The Morgan fingerprint density at radius 1 is 1.17 bits per heavy atom. The number of rotatable bonds is 8. The minimum absolute atomic E-state index is 0.164. The molecule has 3 nitrogen and oxygen atoms in total. The lowest BCUT2D eigenvalue weighted by Gasteiger charge is -2.22. The average molecular weight is 272 g/mol. The van der Waals surface area contributed by atoms with Crippen LogP contribution in [0, 0.1) is 0 Å². The Labute approximate surface area is 114 Å².